The SMILES string of the molecule is CC(C)Oc1ccccc1NCc1cc(F)ccc1Br. The molecule has 4 heteroatoms. The molecule has 0 spiro atoms. The van der Waals surface area contributed by atoms with Crippen LogP contribution in [0.15, 0.2) is 46.9 Å². The highest BCUT2D eigenvalue weighted by molar-refractivity contribution is 9.10. The van der Waals surface area contributed by atoms with Gasteiger partial charge in [0.25, 0.3) is 0 Å². The lowest BCUT2D eigenvalue weighted by Crippen LogP contribution is -2.08. The van der Waals surface area contributed by atoms with Crippen LogP contribution in [-0.4, -0.2) is 6.10 Å². The van der Waals surface area contributed by atoms with Crippen LogP contribution in [0.25, 0.3) is 0 Å². The summed E-state index contributed by atoms with van der Waals surface area (Å²) in [5, 5.41) is 3.28. The first kappa shape index (κ1) is 14.9. The molecule has 0 fully saturated rings. The zero-order valence-corrected chi connectivity index (χ0v) is 13.1. The summed E-state index contributed by atoms with van der Waals surface area (Å²) in [7, 11) is 0. The Morgan fingerprint density at radius 1 is 1.20 bits per heavy atom. The Balaban J connectivity index is 2.12. The van der Waals surface area contributed by atoms with Crippen LogP contribution in [0.1, 0.15) is 19.4 Å². The summed E-state index contributed by atoms with van der Waals surface area (Å²) >= 11 is 3.42. The van der Waals surface area contributed by atoms with Crippen LogP contribution in [0.3, 0.4) is 0 Å². The summed E-state index contributed by atoms with van der Waals surface area (Å²) in [6.45, 7) is 4.50. The summed E-state index contributed by atoms with van der Waals surface area (Å²) in [6, 6.07) is 12.4. The summed E-state index contributed by atoms with van der Waals surface area (Å²) < 4.78 is 19.9. The molecule has 0 amide bonds. The lowest BCUT2D eigenvalue weighted by atomic mass is 10.2. The number of hydrogen-bond acceptors (Lipinski definition) is 2. The van der Waals surface area contributed by atoms with Crippen molar-refractivity contribution in [3.8, 4) is 5.75 Å². The van der Waals surface area contributed by atoms with Crippen molar-refractivity contribution in [2.24, 2.45) is 0 Å². The van der Waals surface area contributed by atoms with Crippen molar-refractivity contribution in [3.05, 3.63) is 58.3 Å². The molecule has 2 rings (SSSR count). The maximum absolute atomic E-state index is 13.3. The highest BCUT2D eigenvalue weighted by Gasteiger charge is 2.06. The number of para-hydroxylation sites is 2. The van der Waals surface area contributed by atoms with Crippen molar-refractivity contribution >= 4 is 21.6 Å². The van der Waals surface area contributed by atoms with Gasteiger partial charge in [-0.2, -0.15) is 0 Å². The van der Waals surface area contributed by atoms with E-state index in [1.807, 2.05) is 38.1 Å². The van der Waals surface area contributed by atoms with Gasteiger partial charge >= 0.3 is 0 Å². The van der Waals surface area contributed by atoms with Crippen LogP contribution in [0.5, 0.6) is 5.75 Å². The minimum Gasteiger partial charge on any atom is -0.489 e. The summed E-state index contributed by atoms with van der Waals surface area (Å²) in [4.78, 5) is 0. The van der Waals surface area contributed by atoms with Crippen LogP contribution < -0.4 is 10.1 Å². The first-order valence-electron chi connectivity index (χ1n) is 6.49. The van der Waals surface area contributed by atoms with Gasteiger partial charge in [-0.3, -0.25) is 0 Å². The molecule has 0 aromatic heterocycles. The van der Waals surface area contributed by atoms with Gasteiger partial charge in [-0.15, -0.1) is 0 Å². The predicted molar refractivity (Wildman–Crippen MR) is 83.6 cm³/mol. The van der Waals surface area contributed by atoms with Gasteiger partial charge in [0.2, 0.25) is 0 Å². The average molecular weight is 338 g/mol. The first-order valence-corrected chi connectivity index (χ1v) is 7.29. The standard InChI is InChI=1S/C16H17BrFNO/c1-11(2)20-16-6-4-3-5-15(16)19-10-12-9-13(18)7-8-14(12)17/h3-9,11,19H,10H2,1-2H3. The van der Waals surface area contributed by atoms with E-state index in [1.165, 1.54) is 12.1 Å². The molecule has 0 unspecified atom stereocenters. The molecule has 2 aromatic carbocycles. The van der Waals surface area contributed by atoms with Crippen LogP contribution >= 0.6 is 15.9 Å². The van der Waals surface area contributed by atoms with Crippen LogP contribution in [0, 0.1) is 5.82 Å². The maximum Gasteiger partial charge on any atom is 0.142 e. The van der Waals surface area contributed by atoms with Crippen molar-refractivity contribution in [2.75, 3.05) is 5.32 Å². The quantitative estimate of drug-likeness (QED) is 0.829. The van der Waals surface area contributed by atoms with Gasteiger partial charge in [-0.1, -0.05) is 28.1 Å². The molecule has 2 aromatic rings. The van der Waals surface area contributed by atoms with Gasteiger partial charge in [0.15, 0.2) is 0 Å². The van der Waals surface area contributed by atoms with E-state index >= 15 is 0 Å². The van der Waals surface area contributed by atoms with E-state index in [1.54, 1.807) is 6.07 Å². The second kappa shape index (κ2) is 6.75. The summed E-state index contributed by atoms with van der Waals surface area (Å²) in [5.41, 5.74) is 1.77. The van der Waals surface area contributed by atoms with Crippen LogP contribution in [-0.2, 0) is 6.54 Å². The fraction of sp³-hybridized carbons (Fsp3) is 0.250. The molecule has 0 aliphatic carbocycles. The fourth-order valence-corrected chi connectivity index (χ4v) is 2.23. The molecule has 0 bridgehead atoms. The summed E-state index contributed by atoms with van der Waals surface area (Å²) in [6.07, 6.45) is 0.110. The third-order valence-corrected chi connectivity index (χ3v) is 3.50. The molecule has 106 valence electrons. The van der Waals surface area contributed by atoms with Crippen molar-refractivity contribution in [1.82, 2.24) is 0 Å². The Bertz CT molecular complexity index is 586. The second-order valence-corrected chi connectivity index (χ2v) is 5.61. The smallest absolute Gasteiger partial charge is 0.142 e. The number of rotatable bonds is 5. The maximum atomic E-state index is 13.3. The minimum atomic E-state index is -0.239. The molecule has 2 nitrogen and oxygen atoms in total. The zero-order valence-electron chi connectivity index (χ0n) is 11.5. The molecule has 0 atom stereocenters. The van der Waals surface area contributed by atoms with E-state index in [-0.39, 0.29) is 11.9 Å². The number of hydrogen-bond donors (Lipinski definition) is 1. The van der Waals surface area contributed by atoms with E-state index in [0.29, 0.717) is 6.54 Å². The molecule has 0 aliphatic heterocycles. The van der Waals surface area contributed by atoms with E-state index < -0.39 is 0 Å². The monoisotopic (exact) mass is 337 g/mol. The molecule has 20 heavy (non-hydrogen) atoms. The highest BCUT2D eigenvalue weighted by atomic mass is 79.9. The Morgan fingerprint density at radius 2 is 1.95 bits per heavy atom. The Morgan fingerprint density at radius 3 is 2.70 bits per heavy atom. The van der Waals surface area contributed by atoms with Crippen molar-refractivity contribution < 1.29 is 9.13 Å². The Kier molecular flexibility index (Phi) is 5.01. The number of halogens is 2. The molecular weight excluding hydrogens is 321 g/mol. The van der Waals surface area contributed by atoms with Gasteiger partial charge in [0, 0.05) is 11.0 Å². The molecule has 0 saturated carbocycles. The van der Waals surface area contributed by atoms with E-state index in [0.717, 1.165) is 21.5 Å². The lowest BCUT2D eigenvalue weighted by Gasteiger charge is -2.15. The van der Waals surface area contributed by atoms with Crippen molar-refractivity contribution in [1.29, 1.82) is 0 Å². The molecule has 1 N–H and O–H groups in total. The predicted octanol–water partition coefficient (Wildman–Crippen LogP) is 4.99. The van der Waals surface area contributed by atoms with Gasteiger partial charge in [0.1, 0.15) is 11.6 Å². The number of nitrogens with one attached hydrogen (secondary N) is 1. The van der Waals surface area contributed by atoms with Gasteiger partial charge in [-0.05, 0) is 49.7 Å². The normalized spacial score (nSPS) is 10.7. The Labute approximate surface area is 127 Å². The largest absolute Gasteiger partial charge is 0.489 e. The van der Waals surface area contributed by atoms with Crippen LogP contribution in [0.4, 0.5) is 10.1 Å². The number of benzene rings is 2. The second-order valence-electron chi connectivity index (χ2n) is 4.75. The third-order valence-electron chi connectivity index (χ3n) is 2.73. The van der Waals surface area contributed by atoms with E-state index in [4.69, 9.17) is 4.74 Å². The molecule has 0 radical (unpaired) electrons. The molecule has 0 heterocycles. The molecule has 0 saturated heterocycles. The third kappa shape index (κ3) is 3.97. The van der Waals surface area contributed by atoms with Gasteiger partial charge in [-0.25, -0.2) is 4.39 Å². The lowest BCUT2D eigenvalue weighted by molar-refractivity contribution is 0.243. The van der Waals surface area contributed by atoms with E-state index in [9.17, 15) is 4.39 Å². The average Bonchev–Trinajstić information content (AvgIpc) is 2.41. The Hall–Kier alpha value is -1.55. The topological polar surface area (TPSA) is 21.3 Å². The fourth-order valence-electron chi connectivity index (χ4n) is 1.84. The minimum absolute atomic E-state index is 0.110. The number of anilines is 1. The molecular formula is C16H17BrFNO. The molecule has 0 aliphatic rings. The summed E-state index contributed by atoms with van der Waals surface area (Å²) in [5.74, 6) is 0.562. The first-order chi connectivity index (χ1) is 9.56. The van der Waals surface area contributed by atoms with Crippen LogP contribution in [0.2, 0.25) is 0 Å². The van der Waals surface area contributed by atoms with E-state index in [2.05, 4.69) is 21.2 Å². The number of ether oxygens (including phenoxy) is 1. The van der Waals surface area contributed by atoms with Gasteiger partial charge in [0.05, 0.1) is 11.8 Å². The highest BCUT2D eigenvalue weighted by Crippen LogP contribution is 2.26. The zero-order chi connectivity index (χ0) is 14.5. The van der Waals surface area contributed by atoms with Gasteiger partial charge < -0.3 is 10.1 Å². The van der Waals surface area contributed by atoms with Crippen molar-refractivity contribution in [2.45, 2.75) is 26.5 Å². The van der Waals surface area contributed by atoms with Crippen molar-refractivity contribution in [3.63, 3.8) is 0 Å².